The summed E-state index contributed by atoms with van der Waals surface area (Å²) in [4.78, 5) is 10.7. The lowest BCUT2D eigenvalue weighted by Gasteiger charge is -2.06. The van der Waals surface area contributed by atoms with Gasteiger partial charge in [0.2, 0.25) is 0 Å². The Kier molecular flexibility index (Phi) is 3.32. The van der Waals surface area contributed by atoms with E-state index in [1.807, 2.05) is 24.9 Å². The number of nitrogens with zero attached hydrogens (tertiary/aromatic N) is 2. The van der Waals surface area contributed by atoms with E-state index < -0.39 is 5.97 Å². The summed E-state index contributed by atoms with van der Waals surface area (Å²) in [5.74, 6) is -0.912. The van der Waals surface area contributed by atoms with Crippen LogP contribution in [0.5, 0.6) is 0 Å². The van der Waals surface area contributed by atoms with E-state index in [0.717, 1.165) is 16.9 Å². The Morgan fingerprint density at radius 1 is 1.39 bits per heavy atom. The van der Waals surface area contributed by atoms with Crippen molar-refractivity contribution in [2.45, 2.75) is 13.5 Å². The van der Waals surface area contributed by atoms with Gasteiger partial charge in [0.1, 0.15) is 0 Å². The van der Waals surface area contributed by atoms with E-state index in [0.29, 0.717) is 6.54 Å². The van der Waals surface area contributed by atoms with Crippen molar-refractivity contribution in [1.82, 2.24) is 9.78 Å². The maximum Gasteiger partial charge on any atom is 0.335 e. The lowest BCUT2D eigenvalue weighted by atomic mass is 10.2. The summed E-state index contributed by atoms with van der Waals surface area (Å²) in [7, 11) is 1.90. The molecule has 0 radical (unpaired) electrons. The highest BCUT2D eigenvalue weighted by molar-refractivity contribution is 5.87. The minimum Gasteiger partial charge on any atom is -0.478 e. The van der Waals surface area contributed by atoms with Gasteiger partial charge in [0.05, 0.1) is 11.8 Å². The van der Waals surface area contributed by atoms with Crippen molar-refractivity contribution >= 4 is 11.7 Å². The fourth-order valence-electron chi connectivity index (χ4n) is 1.65. The van der Waals surface area contributed by atoms with Crippen molar-refractivity contribution in [2.24, 2.45) is 7.05 Å². The first-order valence-electron chi connectivity index (χ1n) is 5.62. The molecule has 0 fully saturated rings. The third-order valence-electron chi connectivity index (χ3n) is 2.95. The molecule has 2 rings (SSSR count). The lowest BCUT2D eigenvalue weighted by Crippen LogP contribution is -2.02. The molecule has 2 aromatic rings. The summed E-state index contributed by atoms with van der Waals surface area (Å²) in [6.45, 7) is 2.68. The van der Waals surface area contributed by atoms with Crippen LogP contribution >= 0.6 is 0 Å². The number of carbonyl (C=O) groups is 1. The molecule has 18 heavy (non-hydrogen) atoms. The number of hydrogen-bond acceptors (Lipinski definition) is 3. The lowest BCUT2D eigenvalue weighted by molar-refractivity contribution is 0.0697. The predicted octanol–water partition coefficient (Wildman–Crippen LogP) is 2.04. The fourth-order valence-corrected chi connectivity index (χ4v) is 1.65. The van der Waals surface area contributed by atoms with Crippen molar-refractivity contribution in [3.8, 4) is 0 Å². The van der Waals surface area contributed by atoms with Crippen molar-refractivity contribution in [3.05, 3.63) is 47.3 Å². The standard InChI is InChI=1S/C13H15N3O2/c1-9-11(8-15-16(9)2)7-14-12-5-3-10(4-6-12)13(17)18/h3-6,8,14H,7H2,1-2H3,(H,17,18). The quantitative estimate of drug-likeness (QED) is 0.865. The Balaban J connectivity index is 2.02. The Morgan fingerprint density at radius 2 is 2.06 bits per heavy atom. The van der Waals surface area contributed by atoms with Gasteiger partial charge in [-0.2, -0.15) is 5.10 Å². The average molecular weight is 245 g/mol. The van der Waals surface area contributed by atoms with Gasteiger partial charge < -0.3 is 10.4 Å². The molecule has 0 unspecified atom stereocenters. The van der Waals surface area contributed by atoms with Crippen LogP contribution in [0, 0.1) is 6.92 Å². The Hall–Kier alpha value is -2.30. The molecule has 0 saturated carbocycles. The summed E-state index contributed by atoms with van der Waals surface area (Å²) < 4.78 is 1.82. The number of hydrogen-bond donors (Lipinski definition) is 2. The number of anilines is 1. The molecule has 1 heterocycles. The zero-order chi connectivity index (χ0) is 13.1. The van der Waals surface area contributed by atoms with Gasteiger partial charge in [-0.3, -0.25) is 4.68 Å². The van der Waals surface area contributed by atoms with Crippen molar-refractivity contribution in [1.29, 1.82) is 0 Å². The summed E-state index contributed by atoms with van der Waals surface area (Å²) in [6, 6.07) is 6.69. The van der Waals surface area contributed by atoms with Crippen molar-refractivity contribution in [2.75, 3.05) is 5.32 Å². The highest BCUT2D eigenvalue weighted by atomic mass is 16.4. The minimum absolute atomic E-state index is 0.290. The SMILES string of the molecule is Cc1c(CNc2ccc(C(=O)O)cc2)cnn1C. The molecule has 0 saturated heterocycles. The monoisotopic (exact) mass is 245 g/mol. The van der Waals surface area contributed by atoms with Crippen LogP contribution in [0.1, 0.15) is 21.6 Å². The van der Waals surface area contributed by atoms with Crippen molar-refractivity contribution < 1.29 is 9.90 Å². The van der Waals surface area contributed by atoms with Gasteiger partial charge in [-0.05, 0) is 31.2 Å². The average Bonchev–Trinajstić information content (AvgIpc) is 2.68. The Morgan fingerprint density at radius 3 is 2.56 bits per heavy atom. The molecule has 1 aromatic carbocycles. The number of nitrogens with one attached hydrogen (secondary N) is 1. The van der Waals surface area contributed by atoms with E-state index in [2.05, 4.69) is 10.4 Å². The van der Waals surface area contributed by atoms with Crippen molar-refractivity contribution in [3.63, 3.8) is 0 Å². The van der Waals surface area contributed by atoms with E-state index in [1.165, 1.54) is 0 Å². The van der Waals surface area contributed by atoms with Crippen LogP contribution in [-0.4, -0.2) is 20.9 Å². The molecule has 5 nitrogen and oxygen atoms in total. The van der Waals surface area contributed by atoms with E-state index in [1.54, 1.807) is 24.3 Å². The molecule has 0 aliphatic heterocycles. The van der Waals surface area contributed by atoms with E-state index in [9.17, 15) is 4.79 Å². The molecular formula is C13H15N3O2. The highest BCUT2D eigenvalue weighted by Crippen LogP contribution is 2.12. The van der Waals surface area contributed by atoms with Gasteiger partial charge >= 0.3 is 5.97 Å². The van der Waals surface area contributed by atoms with Gasteiger partial charge in [-0.25, -0.2) is 4.79 Å². The van der Waals surface area contributed by atoms with Gasteiger partial charge in [0, 0.05) is 30.5 Å². The molecular weight excluding hydrogens is 230 g/mol. The maximum atomic E-state index is 10.7. The van der Waals surface area contributed by atoms with Crippen LogP contribution in [0.2, 0.25) is 0 Å². The third-order valence-corrected chi connectivity index (χ3v) is 2.95. The van der Waals surface area contributed by atoms with Crippen LogP contribution in [0.3, 0.4) is 0 Å². The summed E-state index contributed by atoms with van der Waals surface area (Å²) in [5.41, 5.74) is 3.42. The normalized spacial score (nSPS) is 10.3. The second-order valence-electron chi connectivity index (χ2n) is 4.11. The summed E-state index contributed by atoms with van der Waals surface area (Å²) in [6.07, 6.45) is 1.83. The van der Waals surface area contributed by atoms with E-state index >= 15 is 0 Å². The van der Waals surface area contributed by atoms with Gasteiger partial charge in [0.15, 0.2) is 0 Å². The number of aromatic nitrogens is 2. The van der Waals surface area contributed by atoms with Gasteiger partial charge in [-0.1, -0.05) is 0 Å². The number of benzene rings is 1. The van der Waals surface area contributed by atoms with Crippen LogP contribution in [-0.2, 0) is 13.6 Å². The first-order valence-corrected chi connectivity index (χ1v) is 5.62. The number of aryl methyl sites for hydroxylation is 1. The zero-order valence-electron chi connectivity index (χ0n) is 10.3. The smallest absolute Gasteiger partial charge is 0.335 e. The molecule has 0 spiro atoms. The highest BCUT2D eigenvalue weighted by Gasteiger charge is 2.04. The molecule has 5 heteroatoms. The van der Waals surface area contributed by atoms with Crippen LogP contribution < -0.4 is 5.32 Å². The largest absolute Gasteiger partial charge is 0.478 e. The molecule has 0 aliphatic carbocycles. The molecule has 0 atom stereocenters. The third kappa shape index (κ3) is 2.51. The van der Waals surface area contributed by atoms with Gasteiger partial charge in [0.25, 0.3) is 0 Å². The predicted molar refractivity (Wildman–Crippen MR) is 68.7 cm³/mol. The minimum atomic E-state index is -0.912. The Labute approximate surface area is 105 Å². The molecule has 0 bridgehead atoms. The summed E-state index contributed by atoms with van der Waals surface area (Å²) >= 11 is 0. The van der Waals surface area contributed by atoms with Gasteiger partial charge in [-0.15, -0.1) is 0 Å². The topological polar surface area (TPSA) is 67.2 Å². The first kappa shape index (κ1) is 12.2. The molecule has 0 aliphatic rings. The second kappa shape index (κ2) is 4.91. The Bertz CT molecular complexity index is 558. The zero-order valence-corrected chi connectivity index (χ0v) is 10.3. The van der Waals surface area contributed by atoms with Crippen LogP contribution in [0.4, 0.5) is 5.69 Å². The second-order valence-corrected chi connectivity index (χ2v) is 4.11. The van der Waals surface area contributed by atoms with E-state index in [4.69, 9.17) is 5.11 Å². The molecule has 0 amide bonds. The first-order chi connectivity index (χ1) is 8.58. The summed E-state index contributed by atoms with van der Waals surface area (Å²) in [5, 5.41) is 16.2. The van der Waals surface area contributed by atoms with Crippen LogP contribution in [0.25, 0.3) is 0 Å². The number of aromatic carboxylic acids is 1. The fraction of sp³-hybridized carbons (Fsp3) is 0.231. The van der Waals surface area contributed by atoms with E-state index in [-0.39, 0.29) is 5.56 Å². The maximum absolute atomic E-state index is 10.7. The van der Waals surface area contributed by atoms with Crippen LogP contribution in [0.15, 0.2) is 30.5 Å². The number of rotatable bonds is 4. The number of carboxylic acid groups (broad SMARTS) is 1. The molecule has 2 N–H and O–H groups in total. The molecule has 1 aromatic heterocycles. The number of carboxylic acids is 1. The molecule has 94 valence electrons.